The lowest BCUT2D eigenvalue weighted by atomic mass is 10.2. The largest absolute Gasteiger partial charge is 0.348 e. The van der Waals surface area contributed by atoms with E-state index in [-0.39, 0.29) is 35.3 Å². The van der Waals surface area contributed by atoms with E-state index in [4.69, 9.17) is 0 Å². The first kappa shape index (κ1) is 17.2. The molecule has 1 unspecified atom stereocenters. The third kappa shape index (κ3) is 4.19. The van der Waals surface area contributed by atoms with Crippen molar-refractivity contribution in [1.82, 2.24) is 15.4 Å². The summed E-state index contributed by atoms with van der Waals surface area (Å²) in [7, 11) is -3.52. The van der Waals surface area contributed by atoms with Crippen LogP contribution in [0.2, 0.25) is 0 Å². The van der Waals surface area contributed by atoms with Crippen LogP contribution in [0.3, 0.4) is 0 Å². The lowest BCUT2D eigenvalue weighted by Crippen LogP contribution is -2.36. The van der Waals surface area contributed by atoms with Gasteiger partial charge in [0.2, 0.25) is 10.0 Å². The quantitative estimate of drug-likeness (QED) is 0.731. The standard InChI is InChI=1S/C14H19N3O3S.ClH/c18-14(16-12-6-7-15-9-12)10-2-1-3-13(8-10)21(19,20)17-11-4-5-11;/h1-3,8,11-12,15,17H,4-7,9H2,(H,16,18);1H. The van der Waals surface area contributed by atoms with E-state index in [1.807, 2.05) is 0 Å². The molecule has 2 aliphatic rings. The zero-order chi connectivity index (χ0) is 14.9. The molecule has 2 fully saturated rings. The van der Waals surface area contributed by atoms with Crippen molar-refractivity contribution in [1.29, 1.82) is 0 Å². The van der Waals surface area contributed by atoms with Gasteiger partial charge < -0.3 is 10.6 Å². The molecule has 122 valence electrons. The molecule has 0 bridgehead atoms. The number of nitrogens with one attached hydrogen (secondary N) is 3. The minimum atomic E-state index is -3.52. The fourth-order valence-electron chi connectivity index (χ4n) is 2.34. The Morgan fingerprint density at radius 1 is 1.18 bits per heavy atom. The third-order valence-corrected chi connectivity index (χ3v) is 5.22. The third-order valence-electron chi connectivity index (χ3n) is 3.70. The van der Waals surface area contributed by atoms with Crippen LogP contribution in [-0.2, 0) is 10.0 Å². The molecule has 3 N–H and O–H groups in total. The average molecular weight is 346 g/mol. The Balaban J connectivity index is 0.00000176. The summed E-state index contributed by atoms with van der Waals surface area (Å²) >= 11 is 0. The van der Waals surface area contributed by atoms with E-state index in [2.05, 4.69) is 15.4 Å². The van der Waals surface area contributed by atoms with Crippen molar-refractivity contribution in [3.63, 3.8) is 0 Å². The van der Waals surface area contributed by atoms with E-state index < -0.39 is 10.0 Å². The summed E-state index contributed by atoms with van der Waals surface area (Å²) in [5, 5.41) is 6.08. The summed E-state index contributed by atoms with van der Waals surface area (Å²) in [6.45, 7) is 1.65. The smallest absolute Gasteiger partial charge is 0.251 e. The number of hydrogen-bond acceptors (Lipinski definition) is 4. The lowest BCUT2D eigenvalue weighted by molar-refractivity contribution is 0.0940. The zero-order valence-electron chi connectivity index (χ0n) is 12.0. The highest BCUT2D eigenvalue weighted by Gasteiger charge is 2.28. The Morgan fingerprint density at radius 3 is 2.59 bits per heavy atom. The van der Waals surface area contributed by atoms with Gasteiger partial charge >= 0.3 is 0 Å². The van der Waals surface area contributed by atoms with Crippen LogP contribution < -0.4 is 15.4 Å². The fourth-order valence-corrected chi connectivity index (χ4v) is 3.69. The minimum Gasteiger partial charge on any atom is -0.348 e. The number of carbonyl (C=O) groups is 1. The first-order valence-electron chi connectivity index (χ1n) is 7.18. The molecule has 1 saturated heterocycles. The Labute approximate surface area is 136 Å². The average Bonchev–Trinajstić information content (AvgIpc) is 3.11. The molecule has 8 heteroatoms. The SMILES string of the molecule is Cl.O=C(NC1CCNC1)c1cccc(S(=O)(=O)NC2CC2)c1. The first-order valence-corrected chi connectivity index (χ1v) is 8.67. The summed E-state index contributed by atoms with van der Waals surface area (Å²) in [4.78, 5) is 12.3. The topological polar surface area (TPSA) is 87.3 Å². The van der Waals surface area contributed by atoms with Crippen molar-refractivity contribution in [3.05, 3.63) is 29.8 Å². The lowest BCUT2D eigenvalue weighted by Gasteiger charge is -2.12. The van der Waals surface area contributed by atoms with Gasteiger partial charge in [-0.1, -0.05) is 6.07 Å². The Bertz CT molecular complexity index is 640. The number of sulfonamides is 1. The molecule has 0 aromatic heterocycles. The highest BCUT2D eigenvalue weighted by atomic mass is 35.5. The minimum absolute atomic E-state index is 0. The molecule has 3 rings (SSSR count). The van der Waals surface area contributed by atoms with Crippen molar-refractivity contribution in [3.8, 4) is 0 Å². The van der Waals surface area contributed by atoms with Crippen molar-refractivity contribution >= 4 is 28.3 Å². The maximum atomic E-state index is 12.2. The van der Waals surface area contributed by atoms with Gasteiger partial charge in [-0.05, 0) is 44.0 Å². The molecular formula is C14H20ClN3O3S. The molecule has 1 aromatic rings. The maximum absolute atomic E-state index is 12.2. The molecule has 1 aromatic carbocycles. The predicted octanol–water partition coefficient (Wildman–Crippen LogP) is 0.641. The van der Waals surface area contributed by atoms with Crippen molar-refractivity contribution in [2.45, 2.75) is 36.2 Å². The Kier molecular flexibility index (Phi) is 5.44. The second-order valence-corrected chi connectivity index (χ2v) is 7.30. The number of hydrogen-bond donors (Lipinski definition) is 3. The van der Waals surface area contributed by atoms with Crippen LogP contribution in [0.4, 0.5) is 0 Å². The van der Waals surface area contributed by atoms with Gasteiger partial charge in [-0.15, -0.1) is 12.4 Å². The second-order valence-electron chi connectivity index (χ2n) is 5.59. The molecule has 0 radical (unpaired) electrons. The summed E-state index contributed by atoms with van der Waals surface area (Å²) in [6.07, 6.45) is 2.66. The van der Waals surface area contributed by atoms with Crippen LogP contribution in [-0.4, -0.2) is 39.5 Å². The summed E-state index contributed by atoms with van der Waals surface area (Å²) < 4.78 is 26.9. The van der Waals surface area contributed by atoms with Gasteiger partial charge in [-0.3, -0.25) is 4.79 Å². The van der Waals surface area contributed by atoms with Crippen LogP contribution in [0, 0.1) is 0 Å². The molecule has 1 saturated carbocycles. The molecular weight excluding hydrogens is 326 g/mol. The first-order chi connectivity index (χ1) is 10.0. The molecule has 1 amide bonds. The molecule has 1 aliphatic heterocycles. The molecule has 1 heterocycles. The van der Waals surface area contributed by atoms with E-state index in [0.29, 0.717) is 5.56 Å². The predicted molar refractivity (Wildman–Crippen MR) is 85.8 cm³/mol. The van der Waals surface area contributed by atoms with Gasteiger partial charge in [0.15, 0.2) is 0 Å². The van der Waals surface area contributed by atoms with Crippen molar-refractivity contribution in [2.24, 2.45) is 0 Å². The van der Waals surface area contributed by atoms with Crippen LogP contribution >= 0.6 is 12.4 Å². The highest BCUT2D eigenvalue weighted by Crippen LogP contribution is 2.22. The van der Waals surface area contributed by atoms with Gasteiger partial charge in [-0.25, -0.2) is 13.1 Å². The second kappa shape index (κ2) is 6.95. The summed E-state index contributed by atoms with van der Waals surface area (Å²) in [6, 6.07) is 6.34. The van der Waals surface area contributed by atoms with E-state index >= 15 is 0 Å². The Hall–Kier alpha value is -1.15. The van der Waals surface area contributed by atoms with Crippen LogP contribution in [0.5, 0.6) is 0 Å². The van der Waals surface area contributed by atoms with Crippen LogP contribution in [0.25, 0.3) is 0 Å². The monoisotopic (exact) mass is 345 g/mol. The van der Waals surface area contributed by atoms with Gasteiger partial charge in [0.1, 0.15) is 0 Å². The molecule has 1 aliphatic carbocycles. The van der Waals surface area contributed by atoms with Crippen molar-refractivity contribution in [2.75, 3.05) is 13.1 Å². The number of rotatable bonds is 5. The fraction of sp³-hybridized carbons (Fsp3) is 0.500. The van der Waals surface area contributed by atoms with E-state index in [0.717, 1.165) is 32.4 Å². The van der Waals surface area contributed by atoms with E-state index in [1.165, 1.54) is 12.1 Å². The number of benzene rings is 1. The van der Waals surface area contributed by atoms with E-state index in [9.17, 15) is 13.2 Å². The van der Waals surface area contributed by atoms with Crippen LogP contribution in [0.15, 0.2) is 29.2 Å². The normalized spacial score (nSPS) is 21.2. The number of carbonyl (C=O) groups excluding carboxylic acids is 1. The summed E-state index contributed by atoms with van der Waals surface area (Å²) in [5.74, 6) is -0.229. The van der Waals surface area contributed by atoms with E-state index in [1.54, 1.807) is 12.1 Å². The van der Waals surface area contributed by atoms with Gasteiger partial charge in [0.05, 0.1) is 4.90 Å². The van der Waals surface area contributed by atoms with Crippen molar-refractivity contribution < 1.29 is 13.2 Å². The summed E-state index contributed by atoms with van der Waals surface area (Å²) in [5.41, 5.74) is 0.376. The van der Waals surface area contributed by atoms with Gasteiger partial charge in [-0.2, -0.15) is 0 Å². The van der Waals surface area contributed by atoms with Gasteiger partial charge in [0.25, 0.3) is 5.91 Å². The number of amides is 1. The van der Waals surface area contributed by atoms with Crippen LogP contribution in [0.1, 0.15) is 29.6 Å². The Morgan fingerprint density at radius 2 is 1.95 bits per heavy atom. The molecule has 1 atom stereocenters. The maximum Gasteiger partial charge on any atom is 0.251 e. The van der Waals surface area contributed by atoms with Gasteiger partial charge in [0, 0.05) is 24.2 Å². The molecule has 6 nitrogen and oxygen atoms in total. The number of halogens is 1. The molecule has 0 spiro atoms. The highest BCUT2D eigenvalue weighted by molar-refractivity contribution is 7.89. The zero-order valence-corrected chi connectivity index (χ0v) is 13.7. The molecule has 22 heavy (non-hydrogen) atoms.